The maximum Gasteiger partial charge on any atom is 0.407 e. The smallest absolute Gasteiger partial charge is 0.407 e. The Labute approximate surface area is 182 Å². The fourth-order valence-electron chi connectivity index (χ4n) is 3.25. The molecule has 0 bridgehead atoms. The third-order valence-corrected chi connectivity index (χ3v) is 4.70. The van der Waals surface area contributed by atoms with Gasteiger partial charge in [0.2, 0.25) is 0 Å². The highest BCUT2D eigenvalue weighted by Crippen LogP contribution is 2.26. The Kier molecular flexibility index (Phi) is 6.06. The third-order valence-electron chi connectivity index (χ3n) is 4.70. The summed E-state index contributed by atoms with van der Waals surface area (Å²) >= 11 is 0. The summed E-state index contributed by atoms with van der Waals surface area (Å²) in [6.45, 7) is 9.29. The third kappa shape index (κ3) is 5.63. The number of nitrogens with one attached hydrogen (secondary N) is 2. The van der Waals surface area contributed by atoms with Gasteiger partial charge in [-0.2, -0.15) is 5.10 Å². The molecule has 1 heterocycles. The van der Waals surface area contributed by atoms with Gasteiger partial charge in [-0.25, -0.2) is 4.79 Å². The van der Waals surface area contributed by atoms with Crippen LogP contribution in [0.3, 0.4) is 0 Å². The van der Waals surface area contributed by atoms with Crippen LogP contribution in [-0.4, -0.2) is 39.5 Å². The average molecular weight is 423 g/mol. The van der Waals surface area contributed by atoms with Crippen molar-refractivity contribution < 1.29 is 14.3 Å². The molecule has 0 unspecified atom stereocenters. The summed E-state index contributed by atoms with van der Waals surface area (Å²) in [5.74, 6) is -0.297. The van der Waals surface area contributed by atoms with Crippen LogP contribution in [0.5, 0.6) is 0 Å². The molecule has 0 aliphatic rings. The topological polar surface area (TPSA) is 85.3 Å². The highest BCUT2D eigenvalue weighted by atomic mass is 16.6. The molecule has 0 radical (unpaired) electrons. The molecule has 0 aliphatic heterocycles. The fraction of sp³-hybridized carbons (Fsp3) is 0.375. The van der Waals surface area contributed by atoms with Crippen molar-refractivity contribution in [3.63, 3.8) is 0 Å². The number of rotatable bonds is 5. The zero-order valence-electron chi connectivity index (χ0n) is 18.9. The van der Waals surface area contributed by atoms with E-state index in [0.717, 1.165) is 22.0 Å². The Balaban J connectivity index is 1.75. The van der Waals surface area contributed by atoms with Crippen LogP contribution in [-0.2, 0) is 11.8 Å². The number of aromatic nitrogens is 2. The zero-order chi connectivity index (χ0) is 22.8. The van der Waals surface area contributed by atoms with Crippen LogP contribution in [0.25, 0.3) is 22.0 Å². The molecule has 0 saturated carbocycles. The minimum Gasteiger partial charge on any atom is -0.444 e. The van der Waals surface area contributed by atoms with Crippen LogP contribution in [0.4, 0.5) is 4.79 Å². The number of fused-ring (bicyclic) bond motifs is 1. The number of carbonyl (C=O) groups excluding carboxylic acids is 2. The molecule has 3 rings (SSSR count). The first-order chi connectivity index (χ1) is 14.5. The highest BCUT2D eigenvalue weighted by molar-refractivity contribution is 6.05. The van der Waals surface area contributed by atoms with E-state index in [0.29, 0.717) is 5.69 Å². The highest BCUT2D eigenvalue weighted by Gasteiger charge is 2.26. The Morgan fingerprint density at radius 1 is 1.00 bits per heavy atom. The van der Waals surface area contributed by atoms with E-state index in [-0.39, 0.29) is 12.5 Å². The van der Waals surface area contributed by atoms with Gasteiger partial charge in [0.1, 0.15) is 5.60 Å². The van der Waals surface area contributed by atoms with Crippen LogP contribution in [0.1, 0.15) is 45.1 Å². The van der Waals surface area contributed by atoms with E-state index >= 15 is 0 Å². The van der Waals surface area contributed by atoms with Gasteiger partial charge < -0.3 is 15.4 Å². The van der Waals surface area contributed by atoms with Crippen molar-refractivity contribution in [2.45, 2.75) is 45.8 Å². The maximum absolute atomic E-state index is 13.0. The molecule has 0 aliphatic carbocycles. The number of nitrogens with zero attached hydrogens (tertiary/aromatic N) is 2. The van der Waals surface area contributed by atoms with Gasteiger partial charge in [0.05, 0.1) is 11.1 Å². The molecule has 0 saturated heterocycles. The Hall–Kier alpha value is -3.35. The van der Waals surface area contributed by atoms with Crippen molar-refractivity contribution in [2.24, 2.45) is 7.05 Å². The lowest BCUT2D eigenvalue weighted by Crippen LogP contribution is -2.52. The average Bonchev–Trinajstić information content (AvgIpc) is 3.02. The maximum atomic E-state index is 13.0. The number of hydrogen-bond acceptors (Lipinski definition) is 4. The Bertz CT molecular complexity index is 1100. The van der Waals surface area contributed by atoms with Crippen molar-refractivity contribution in [1.29, 1.82) is 0 Å². The normalized spacial score (nSPS) is 11.9. The minimum atomic E-state index is -0.693. The zero-order valence-corrected chi connectivity index (χ0v) is 18.9. The fourth-order valence-corrected chi connectivity index (χ4v) is 3.25. The van der Waals surface area contributed by atoms with Crippen molar-refractivity contribution in [3.05, 3.63) is 54.2 Å². The lowest BCUT2D eigenvalue weighted by atomic mass is 10.0. The van der Waals surface area contributed by atoms with E-state index in [1.165, 1.54) is 0 Å². The first kappa shape index (κ1) is 22.3. The molecule has 2 N–H and O–H groups in total. The summed E-state index contributed by atoms with van der Waals surface area (Å²) < 4.78 is 6.96. The van der Waals surface area contributed by atoms with Gasteiger partial charge >= 0.3 is 6.09 Å². The van der Waals surface area contributed by atoms with Crippen LogP contribution < -0.4 is 10.6 Å². The van der Waals surface area contributed by atoms with Gasteiger partial charge in [-0.3, -0.25) is 9.48 Å². The molecule has 3 aromatic rings. The summed E-state index contributed by atoms with van der Waals surface area (Å²) in [6, 6.07) is 16.0. The standard InChI is InChI=1S/C24H30N4O3/c1-23(2,3)31-22(30)25-15-24(4,5)26-21(29)20-18-13-12-17(14-19(18)28(6)27-20)16-10-8-7-9-11-16/h7-14H,15H2,1-6H3,(H,25,30)(H,26,29). The molecule has 0 fully saturated rings. The number of benzene rings is 2. The van der Waals surface area contributed by atoms with E-state index in [2.05, 4.69) is 15.7 Å². The molecule has 0 spiro atoms. The van der Waals surface area contributed by atoms with E-state index < -0.39 is 17.2 Å². The monoisotopic (exact) mass is 422 g/mol. The lowest BCUT2D eigenvalue weighted by molar-refractivity contribution is 0.0509. The summed E-state index contributed by atoms with van der Waals surface area (Å²) in [7, 11) is 1.82. The van der Waals surface area contributed by atoms with Gasteiger partial charge in [-0.1, -0.05) is 36.4 Å². The molecular formula is C24H30N4O3. The summed E-state index contributed by atoms with van der Waals surface area (Å²) in [6.07, 6.45) is -0.522. The van der Waals surface area contributed by atoms with Gasteiger partial charge in [-0.15, -0.1) is 0 Å². The molecule has 2 aromatic carbocycles. The molecule has 1 aromatic heterocycles. The van der Waals surface area contributed by atoms with Gasteiger partial charge in [0.25, 0.3) is 5.91 Å². The van der Waals surface area contributed by atoms with Gasteiger partial charge in [-0.05, 0) is 57.9 Å². The van der Waals surface area contributed by atoms with E-state index in [4.69, 9.17) is 4.74 Å². The first-order valence-electron chi connectivity index (χ1n) is 10.3. The Morgan fingerprint density at radius 2 is 1.68 bits per heavy atom. The molecule has 2 amide bonds. The van der Waals surface area contributed by atoms with Crippen LogP contribution >= 0.6 is 0 Å². The second kappa shape index (κ2) is 8.41. The number of carbonyl (C=O) groups is 2. The number of amides is 2. The van der Waals surface area contributed by atoms with E-state index in [1.807, 2.05) is 69.4 Å². The lowest BCUT2D eigenvalue weighted by Gasteiger charge is -2.27. The molecule has 0 atom stereocenters. The number of alkyl carbamates (subject to hydrolysis) is 1. The second-order valence-corrected chi connectivity index (χ2v) is 9.26. The second-order valence-electron chi connectivity index (χ2n) is 9.26. The largest absolute Gasteiger partial charge is 0.444 e. The summed E-state index contributed by atoms with van der Waals surface area (Å²) in [5, 5.41) is 10.9. The van der Waals surface area contributed by atoms with E-state index in [9.17, 15) is 9.59 Å². The number of aryl methyl sites for hydroxylation is 1. The Morgan fingerprint density at radius 3 is 2.32 bits per heavy atom. The van der Waals surface area contributed by atoms with Crippen LogP contribution in [0, 0.1) is 0 Å². The van der Waals surface area contributed by atoms with E-state index in [1.54, 1.807) is 25.5 Å². The molecule has 7 nitrogen and oxygen atoms in total. The van der Waals surface area contributed by atoms with Gasteiger partial charge in [0, 0.05) is 19.0 Å². The molecule has 31 heavy (non-hydrogen) atoms. The van der Waals surface area contributed by atoms with Crippen molar-refractivity contribution >= 4 is 22.9 Å². The molecule has 7 heteroatoms. The van der Waals surface area contributed by atoms with Crippen molar-refractivity contribution in [1.82, 2.24) is 20.4 Å². The van der Waals surface area contributed by atoms with Crippen molar-refractivity contribution in [3.8, 4) is 11.1 Å². The first-order valence-corrected chi connectivity index (χ1v) is 10.3. The van der Waals surface area contributed by atoms with Crippen LogP contribution in [0.2, 0.25) is 0 Å². The molecule has 164 valence electrons. The SMILES string of the molecule is Cn1nc(C(=O)NC(C)(C)CNC(=O)OC(C)(C)C)c2ccc(-c3ccccc3)cc21. The predicted octanol–water partition coefficient (Wildman–Crippen LogP) is 4.27. The summed E-state index contributed by atoms with van der Waals surface area (Å²) in [4.78, 5) is 24.9. The van der Waals surface area contributed by atoms with Crippen molar-refractivity contribution in [2.75, 3.05) is 6.54 Å². The van der Waals surface area contributed by atoms with Gasteiger partial charge in [0.15, 0.2) is 5.69 Å². The predicted molar refractivity (Wildman–Crippen MR) is 122 cm³/mol. The minimum absolute atomic E-state index is 0.219. The number of ether oxygens (including phenoxy) is 1. The van der Waals surface area contributed by atoms with Crippen LogP contribution in [0.15, 0.2) is 48.5 Å². The quantitative estimate of drug-likeness (QED) is 0.643. The molecular weight excluding hydrogens is 392 g/mol. The summed E-state index contributed by atoms with van der Waals surface area (Å²) in [5.41, 5.74) is 2.11. The number of hydrogen-bond donors (Lipinski definition) is 2.